The zero-order valence-electron chi connectivity index (χ0n) is 12.8. The van der Waals surface area contributed by atoms with Crippen LogP contribution in [-0.2, 0) is 4.79 Å². The van der Waals surface area contributed by atoms with E-state index in [1.165, 1.54) is 0 Å². The second kappa shape index (κ2) is 6.83. The second-order valence-corrected chi connectivity index (χ2v) is 5.98. The van der Waals surface area contributed by atoms with Crippen LogP contribution in [0.15, 0.2) is 30.3 Å². The van der Waals surface area contributed by atoms with Crippen molar-refractivity contribution in [1.29, 1.82) is 0 Å². The lowest BCUT2D eigenvalue weighted by atomic mass is 10.1. The van der Waals surface area contributed by atoms with Crippen LogP contribution in [0.3, 0.4) is 0 Å². The summed E-state index contributed by atoms with van der Waals surface area (Å²) in [4.78, 5) is 27.1. The molecule has 4 N–H and O–H groups in total. The molecule has 1 aromatic heterocycles. The van der Waals surface area contributed by atoms with E-state index >= 15 is 0 Å². The van der Waals surface area contributed by atoms with E-state index in [0.717, 1.165) is 23.7 Å². The average Bonchev–Trinajstić information content (AvgIpc) is 3.30. The van der Waals surface area contributed by atoms with Crippen LogP contribution in [0.2, 0.25) is 0 Å². The number of aliphatic hydroxyl groups excluding tert-OH is 1. The van der Waals surface area contributed by atoms with Crippen molar-refractivity contribution in [1.82, 2.24) is 15.6 Å². The monoisotopic (exact) mass is 315 g/mol. The minimum atomic E-state index is -0.304. The Kier molecular flexibility index (Phi) is 4.62. The molecule has 1 heterocycles. The molecule has 3 rings (SSSR count). The molecule has 23 heavy (non-hydrogen) atoms. The molecule has 1 aliphatic carbocycles. The van der Waals surface area contributed by atoms with E-state index in [9.17, 15) is 9.59 Å². The highest BCUT2D eigenvalue weighted by atomic mass is 16.3. The summed E-state index contributed by atoms with van der Waals surface area (Å²) >= 11 is 0. The number of benzene rings is 1. The number of hydrogen-bond donors (Lipinski definition) is 4. The number of nitrogens with one attached hydrogen (secondary N) is 3. The number of aromatic nitrogens is 1. The molecule has 0 bridgehead atoms. The van der Waals surface area contributed by atoms with Crippen LogP contribution in [-0.4, -0.2) is 41.1 Å². The van der Waals surface area contributed by atoms with Crippen molar-refractivity contribution in [2.24, 2.45) is 5.92 Å². The molecular formula is C17H21N3O3. The Morgan fingerprint density at radius 3 is 2.78 bits per heavy atom. The molecule has 2 aromatic rings. The van der Waals surface area contributed by atoms with Crippen LogP contribution < -0.4 is 10.6 Å². The van der Waals surface area contributed by atoms with E-state index in [2.05, 4.69) is 15.6 Å². The van der Waals surface area contributed by atoms with E-state index in [-0.39, 0.29) is 31.0 Å². The fourth-order valence-corrected chi connectivity index (χ4v) is 2.77. The quantitative estimate of drug-likeness (QED) is 0.618. The molecule has 1 atom stereocenters. The lowest BCUT2D eigenvalue weighted by Crippen LogP contribution is -2.43. The minimum Gasteiger partial charge on any atom is -0.396 e. The van der Waals surface area contributed by atoms with Crippen molar-refractivity contribution < 1.29 is 14.7 Å². The number of para-hydroxylation sites is 1. The molecule has 1 fully saturated rings. The molecule has 6 nitrogen and oxygen atoms in total. The lowest BCUT2D eigenvalue weighted by molar-refractivity contribution is -0.121. The molecule has 1 unspecified atom stereocenters. The van der Waals surface area contributed by atoms with E-state index < -0.39 is 0 Å². The number of carbonyl (C=O) groups is 2. The van der Waals surface area contributed by atoms with Crippen molar-refractivity contribution in [3.63, 3.8) is 0 Å². The minimum absolute atomic E-state index is 0.0116. The molecule has 0 radical (unpaired) electrons. The van der Waals surface area contributed by atoms with E-state index in [4.69, 9.17) is 5.11 Å². The van der Waals surface area contributed by atoms with E-state index in [1.807, 2.05) is 24.3 Å². The maximum Gasteiger partial charge on any atom is 0.268 e. The summed E-state index contributed by atoms with van der Waals surface area (Å²) in [5, 5.41) is 15.5. The molecule has 1 aromatic carbocycles. The van der Waals surface area contributed by atoms with Gasteiger partial charge >= 0.3 is 0 Å². The molecule has 0 saturated heterocycles. The Morgan fingerprint density at radius 1 is 1.30 bits per heavy atom. The zero-order valence-corrected chi connectivity index (χ0v) is 12.8. The standard InChI is InChI=1S/C17H21N3O3/c21-8-7-14(11-5-6-11)20-16(22)10-18-17(23)15-9-12-3-1-2-4-13(12)19-15/h1-4,9,11,14,19,21H,5-8,10H2,(H,18,23)(H,20,22). The summed E-state index contributed by atoms with van der Waals surface area (Å²) in [7, 11) is 0. The summed E-state index contributed by atoms with van der Waals surface area (Å²) in [5.74, 6) is -0.0585. The summed E-state index contributed by atoms with van der Waals surface area (Å²) in [5.41, 5.74) is 1.33. The first-order valence-electron chi connectivity index (χ1n) is 7.93. The third-order valence-electron chi connectivity index (χ3n) is 4.16. The van der Waals surface area contributed by atoms with Crippen molar-refractivity contribution in [2.45, 2.75) is 25.3 Å². The van der Waals surface area contributed by atoms with Crippen molar-refractivity contribution in [2.75, 3.05) is 13.2 Å². The zero-order chi connectivity index (χ0) is 16.2. The molecule has 6 heteroatoms. The van der Waals surface area contributed by atoms with Crippen LogP contribution >= 0.6 is 0 Å². The van der Waals surface area contributed by atoms with Crippen molar-refractivity contribution in [3.8, 4) is 0 Å². The molecule has 122 valence electrons. The Labute approximate surface area is 134 Å². The van der Waals surface area contributed by atoms with Gasteiger partial charge in [-0.25, -0.2) is 0 Å². The van der Waals surface area contributed by atoms with Gasteiger partial charge in [-0.3, -0.25) is 9.59 Å². The van der Waals surface area contributed by atoms with E-state index in [0.29, 0.717) is 18.0 Å². The Hall–Kier alpha value is -2.34. The number of fused-ring (bicyclic) bond motifs is 1. The van der Waals surface area contributed by atoms with Gasteiger partial charge in [-0.15, -0.1) is 0 Å². The normalized spacial score (nSPS) is 15.3. The molecule has 0 spiro atoms. The van der Waals surface area contributed by atoms with Gasteiger partial charge in [-0.2, -0.15) is 0 Å². The maximum absolute atomic E-state index is 12.1. The topological polar surface area (TPSA) is 94.2 Å². The predicted molar refractivity (Wildman–Crippen MR) is 87.0 cm³/mol. The molecule has 1 saturated carbocycles. The van der Waals surface area contributed by atoms with Crippen molar-refractivity contribution >= 4 is 22.7 Å². The highest BCUT2D eigenvalue weighted by Crippen LogP contribution is 2.33. The van der Waals surface area contributed by atoms with Gasteiger partial charge in [-0.1, -0.05) is 18.2 Å². The summed E-state index contributed by atoms with van der Waals surface area (Å²) in [6.45, 7) is -0.00822. The van der Waals surface area contributed by atoms with Crippen LogP contribution in [0.1, 0.15) is 29.8 Å². The number of aromatic amines is 1. The van der Waals surface area contributed by atoms with Gasteiger partial charge < -0.3 is 20.7 Å². The number of rotatable bonds is 7. The highest BCUT2D eigenvalue weighted by Gasteiger charge is 2.31. The molecule has 0 aliphatic heterocycles. The number of hydrogen-bond acceptors (Lipinski definition) is 3. The Balaban J connectivity index is 1.52. The third-order valence-corrected chi connectivity index (χ3v) is 4.16. The fourth-order valence-electron chi connectivity index (χ4n) is 2.77. The van der Waals surface area contributed by atoms with Gasteiger partial charge in [-0.05, 0) is 37.3 Å². The van der Waals surface area contributed by atoms with Gasteiger partial charge in [0.15, 0.2) is 0 Å². The largest absolute Gasteiger partial charge is 0.396 e. The van der Waals surface area contributed by atoms with Crippen LogP contribution in [0, 0.1) is 5.92 Å². The highest BCUT2D eigenvalue weighted by molar-refractivity contribution is 5.99. The summed E-state index contributed by atoms with van der Waals surface area (Å²) in [6.07, 6.45) is 2.74. The second-order valence-electron chi connectivity index (χ2n) is 5.98. The number of aliphatic hydroxyl groups is 1. The molecular weight excluding hydrogens is 294 g/mol. The predicted octanol–water partition coefficient (Wildman–Crippen LogP) is 1.17. The van der Waals surface area contributed by atoms with Crippen molar-refractivity contribution in [3.05, 3.63) is 36.0 Å². The van der Waals surface area contributed by atoms with Gasteiger partial charge in [0.2, 0.25) is 5.91 Å². The first-order valence-corrected chi connectivity index (χ1v) is 7.93. The first kappa shape index (κ1) is 15.6. The van der Waals surface area contributed by atoms with Crippen LogP contribution in [0.4, 0.5) is 0 Å². The SMILES string of the molecule is O=C(CNC(=O)c1cc2ccccc2[nH]1)NC(CCO)C1CC1. The lowest BCUT2D eigenvalue weighted by Gasteiger charge is -2.17. The number of H-pyrrole nitrogens is 1. The number of carbonyl (C=O) groups excluding carboxylic acids is 2. The number of amides is 2. The molecule has 1 aliphatic rings. The Bertz CT molecular complexity index is 673. The van der Waals surface area contributed by atoms with Crippen LogP contribution in [0.5, 0.6) is 0 Å². The van der Waals surface area contributed by atoms with Gasteiger partial charge in [0.1, 0.15) is 5.69 Å². The smallest absolute Gasteiger partial charge is 0.268 e. The third kappa shape index (κ3) is 3.90. The maximum atomic E-state index is 12.1. The van der Waals surface area contributed by atoms with Gasteiger partial charge in [0.05, 0.1) is 6.54 Å². The average molecular weight is 315 g/mol. The van der Waals surface area contributed by atoms with E-state index in [1.54, 1.807) is 6.07 Å². The van der Waals surface area contributed by atoms with Crippen LogP contribution in [0.25, 0.3) is 10.9 Å². The molecule has 2 amide bonds. The summed E-state index contributed by atoms with van der Waals surface area (Å²) in [6, 6.07) is 9.40. The Morgan fingerprint density at radius 2 is 2.09 bits per heavy atom. The first-order chi connectivity index (χ1) is 11.2. The van der Waals surface area contributed by atoms with Gasteiger partial charge in [0.25, 0.3) is 5.91 Å². The van der Waals surface area contributed by atoms with Gasteiger partial charge in [0, 0.05) is 23.6 Å². The summed E-state index contributed by atoms with van der Waals surface area (Å²) < 4.78 is 0. The fraction of sp³-hybridized carbons (Fsp3) is 0.412.